The maximum Gasteiger partial charge on any atom is 0.168 e. The van der Waals surface area contributed by atoms with Crippen LogP contribution >= 0.6 is 23.1 Å². The van der Waals surface area contributed by atoms with Gasteiger partial charge >= 0.3 is 0 Å². The van der Waals surface area contributed by atoms with E-state index in [9.17, 15) is 0 Å². The van der Waals surface area contributed by atoms with Crippen LogP contribution in [0.3, 0.4) is 0 Å². The van der Waals surface area contributed by atoms with E-state index in [0.717, 1.165) is 19.0 Å². The molecule has 2 aliphatic heterocycles. The number of fused-ring (bicyclic) bond motifs is 2. The number of rotatable bonds is 2. The van der Waals surface area contributed by atoms with Gasteiger partial charge in [0.25, 0.3) is 0 Å². The summed E-state index contributed by atoms with van der Waals surface area (Å²) in [6, 6.07) is 6.76. The molecule has 1 aromatic carbocycles. The molecule has 1 fully saturated rings. The third-order valence-corrected chi connectivity index (χ3v) is 6.84. The van der Waals surface area contributed by atoms with Crippen LogP contribution in [-0.2, 0) is 0 Å². The van der Waals surface area contributed by atoms with Crippen LogP contribution in [0.15, 0.2) is 33.5 Å². The van der Waals surface area contributed by atoms with Crippen LogP contribution in [0.5, 0.6) is 0 Å². The fraction of sp³-hybridized carbons (Fsp3) is 0.353. The predicted octanol–water partition coefficient (Wildman–Crippen LogP) is 4.71. The van der Waals surface area contributed by atoms with Gasteiger partial charge in [0.05, 0.1) is 12.2 Å². The van der Waals surface area contributed by atoms with Crippen molar-refractivity contribution in [3.63, 3.8) is 0 Å². The number of hydrogen-bond acceptors (Lipinski definition) is 4. The van der Waals surface area contributed by atoms with E-state index in [1.165, 1.54) is 44.9 Å². The average Bonchev–Trinajstić information content (AvgIpc) is 2.95. The van der Waals surface area contributed by atoms with Crippen molar-refractivity contribution in [1.29, 1.82) is 0 Å². The van der Waals surface area contributed by atoms with Crippen molar-refractivity contribution < 1.29 is 0 Å². The van der Waals surface area contributed by atoms with Crippen molar-refractivity contribution in [2.45, 2.75) is 19.8 Å². The zero-order valence-electron chi connectivity index (χ0n) is 11.9. The van der Waals surface area contributed by atoms with E-state index >= 15 is 0 Å². The lowest BCUT2D eigenvalue weighted by Crippen LogP contribution is -2.20. The number of amidine groups is 1. The van der Waals surface area contributed by atoms with E-state index < -0.39 is 0 Å². The van der Waals surface area contributed by atoms with E-state index in [-0.39, 0.29) is 0 Å². The van der Waals surface area contributed by atoms with E-state index in [1.54, 1.807) is 4.91 Å². The van der Waals surface area contributed by atoms with Crippen LogP contribution in [0.2, 0.25) is 0 Å². The van der Waals surface area contributed by atoms with Crippen LogP contribution in [-0.4, -0.2) is 23.2 Å². The Morgan fingerprint density at radius 3 is 3.05 bits per heavy atom. The Bertz CT molecular complexity index is 811. The van der Waals surface area contributed by atoms with E-state index in [1.807, 2.05) is 23.1 Å². The van der Waals surface area contributed by atoms with Crippen molar-refractivity contribution >= 4 is 44.0 Å². The highest BCUT2D eigenvalue weighted by Gasteiger charge is 2.40. The van der Waals surface area contributed by atoms with Gasteiger partial charge in [0.2, 0.25) is 0 Å². The van der Waals surface area contributed by atoms with Gasteiger partial charge in [0.1, 0.15) is 0 Å². The number of thiophene rings is 1. The summed E-state index contributed by atoms with van der Waals surface area (Å²) in [4.78, 5) is 8.73. The molecule has 0 saturated heterocycles. The SMILES string of the molecule is Cc1csc2cccc(C3=C(C4CC4)SC4=NCCN43)c12. The fourth-order valence-electron chi connectivity index (χ4n) is 3.35. The van der Waals surface area contributed by atoms with Crippen LogP contribution in [0.25, 0.3) is 15.8 Å². The molecule has 21 heavy (non-hydrogen) atoms. The van der Waals surface area contributed by atoms with Gasteiger partial charge in [-0.05, 0) is 42.7 Å². The Labute approximate surface area is 132 Å². The van der Waals surface area contributed by atoms with Gasteiger partial charge < -0.3 is 4.90 Å². The molecule has 3 heterocycles. The molecule has 0 bridgehead atoms. The summed E-state index contributed by atoms with van der Waals surface area (Å²) in [6.07, 6.45) is 2.71. The summed E-state index contributed by atoms with van der Waals surface area (Å²) in [5.41, 5.74) is 4.29. The zero-order valence-corrected chi connectivity index (χ0v) is 13.6. The highest BCUT2D eigenvalue weighted by Crippen LogP contribution is 2.53. The number of nitrogens with zero attached hydrogens (tertiary/aromatic N) is 2. The molecule has 0 radical (unpaired) electrons. The van der Waals surface area contributed by atoms with Gasteiger partial charge in [-0.1, -0.05) is 23.9 Å². The summed E-state index contributed by atoms with van der Waals surface area (Å²) in [5, 5.41) is 4.97. The number of benzene rings is 1. The molecule has 0 spiro atoms. The van der Waals surface area contributed by atoms with Crippen molar-refractivity contribution in [1.82, 2.24) is 4.90 Å². The molecular formula is C17H16N2S2. The summed E-state index contributed by atoms with van der Waals surface area (Å²) in [6.45, 7) is 4.23. The number of aliphatic imine (C=N–C) groups is 1. The fourth-order valence-corrected chi connectivity index (χ4v) is 5.68. The molecular weight excluding hydrogens is 296 g/mol. The maximum atomic E-state index is 4.69. The van der Waals surface area contributed by atoms with Crippen LogP contribution < -0.4 is 0 Å². The molecule has 106 valence electrons. The first-order chi connectivity index (χ1) is 10.3. The first kappa shape index (κ1) is 12.3. The second kappa shape index (κ2) is 4.37. The molecule has 2 aromatic rings. The minimum absolute atomic E-state index is 0.785. The predicted molar refractivity (Wildman–Crippen MR) is 92.8 cm³/mol. The molecule has 1 aliphatic carbocycles. The molecule has 5 rings (SSSR count). The van der Waals surface area contributed by atoms with Crippen molar-refractivity contribution in [3.8, 4) is 0 Å². The minimum Gasteiger partial charge on any atom is -0.318 e. The Kier molecular flexibility index (Phi) is 2.56. The molecule has 4 heteroatoms. The number of aryl methyl sites for hydroxylation is 1. The Balaban J connectivity index is 1.78. The monoisotopic (exact) mass is 312 g/mol. The van der Waals surface area contributed by atoms with Crippen molar-refractivity contribution in [3.05, 3.63) is 39.6 Å². The third-order valence-electron chi connectivity index (χ3n) is 4.49. The highest BCUT2D eigenvalue weighted by molar-refractivity contribution is 8.17. The quantitative estimate of drug-likeness (QED) is 0.798. The van der Waals surface area contributed by atoms with Gasteiger partial charge in [-0.25, -0.2) is 0 Å². The van der Waals surface area contributed by atoms with Crippen molar-refractivity contribution in [2.24, 2.45) is 10.9 Å². The largest absolute Gasteiger partial charge is 0.318 e. The Morgan fingerprint density at radius 1 is 1.29 bits per heavy atom. The second-order valence-corrected chi connectivity index (χ2v) is 7.92. The maximum absolute atomic E-state index is 4.69. The van der Waals surface area contributed by atoms with E-state index in [2.05, 4.69) is 35.4 Å². The Hall–Kier alpha value is -1.26. The third kappa shape index (κ3) is 1.75. The van der Waals surface area contributed by atoms with Gasteiger partial charge in [0, 0.05) is 27.1 Å². The van der Waals surface area contributed by atoms with Gasteiger partial charge in [0.15, 0.2) is 5.17 Å². The normalized spacial score (nSPS) is 21.4. The van der Waals surface area contributed by atoms with Crippen LogP contribution in [0.4, 0.5) is 0 Å². The topological polar surface area (TPSA) is 15.6 Å². The molecule has 0 atom stereocenters. The zero-order chi connectivity index (χ0) is 14.0. The van der Waals surface area contributed by atoms with Crippen LogP contribution in [0, 0.1) is 12.8 Å². The van der Waals surface area contributed by atoms with E-state index in [4.69, 9.17) is 4.99 Å². The number of allylic oxidation sites excluding steroid dienone is 1. The lowest BCUT2D eigenvalue weighted by Gasteiger charge is -2.18. The molecule has 0 amide bonds. The molecule has 1 aromatic heterocycles. The highest BCUT2D eigenvalue weighted by atomic mass is 32.2. The molecule has 0 N–H and O–H groups in total. The molecule has 0 unspecified atom stereocenters. The second-order valence-electron chi connectivity index (χ2n) is 6.00. The summed E-state index contributed by atoms with van der Waals surface area (Å²) >= 11 is 3.79. The summed E-state index contributed by atoms with van der Waals surface area (Å²) < 4.78 is 1.40. The first-order valence-electron chi connectivity index (χ1n) is 7.54. The smallest absolute Gasteiger partial charge is 0.168 e. The van der Waals surface area contributed by atoms with Crippen molar-refractivity contribution in [2.75, 3.05) is 13.1 Å². The lowest BCUT2D eigenvalue weighted by atomic mass is 10.0. The number of hydrogen-bond donors (Lipinski definition) is 0. The lowest BCUT2D eigenvalue weighted by molar-refractivity contribution is 0.646. The van der Waals surface area contributed by atoms with Crippen LogP contribution in [0.1, 0.15) is 24.0 Å². The molecule has 3 aliphatic rings. The standard InChI is InChI=1S/C17H16N2S2/c1-10-9-20-13-4-2-3-12(14(10)13)15-16(11-5-6-11)21-17-18-7-8-19(15)17/h2-4,9,11H,5-8H2,1H3. The summed E-state index contributed by atoms with van der Waals surface area (Å²) in [5.74, 6) is 0.785. The summed E-state index contributed by atoms with van der Waals surface area (Å²) in [7, 11) is 0. The van der Waals surface area contributed by atoms with Gasteiger partial charge in [-0.2, -0.15) is 0 Å². The molecule has 2 nitrogen and oxygen atoms in total. The average molecular weight is 312 g/mol. The van der Waals surface area contributed by atoms with E-state index in [0.29, 0.717) is 0 Å². The molecule has 1 saturated carbocycles. The Morgan fingerprint density at radius 2 is 2.19 bits per heavy atom. The number of thioether (sulfide) groups is 1. The van der Waals surface area contributed by atoms with Gasteiger partial charge in [-0.3, -0.25) is 4.99 Å². The minimum atomic E-state index is 0.785. The first-order valence-corrected chi connectivity index (χ1v) is 9.24. The van der Waals surface area contributed by atoms with Gasteiger partial charge in [-0.15, -0.1) is 11.3 Å².